The third kappa shape index (κ3) is 9.14. The Hall–Kier alpha value is -0.860. The van der Waals surface area contributed by atoms with Gasteiger partial charge in [-0.05, 0) is 12.8 Å². The molecule has 0 fully saturated rings. The topological polar surface area (TPSA) is 32.1 Å². The number of nitrogens with one attached hydrogen (secondary N) is 1. The summed E-state index contributed by atoms with van der Waals surface area (Å²) in [6.45, 7) is 0.796. The summed E-state index contributed by atoms with van der Waals surface area (Å²) in [5, 5.41) is 2.63. The molecule has 0 aliphatic rings. The first-order chi connectivity index (χ1) is 5.27. The highest BCUT2D eigenvalue weighted by molar-refractivity contribution is 5.50. The van der Waals surface area contributed by atoms with Gasteiger partial charge in [0.1, 0.15) is 20.3 Å². The van der Waals surface area contributed by atoms with E-state index in [0.717, 1.165) is 32.2 Å². The van der Waals surface area contributed by atoms with Gasteiger partial charge < -0.3 is 5.32 Å². The summed E-state index contributed by atoms with van der Waals surface area (Å²) < 4.78 is 2.05. The quantitative estimate of drug-likeness (QED) is 0.194. The summed E-state index contributed by atoms with van der Waals surface area (Å²) in [5.74, 6) is 0. The summed E-state index contributed by atoms with van der Waals surface area (Å²) in [5.41, 5.74) is 0. The van der Waals surface area contributed by atoms with Crippen molar-refractivity contribution >= 4 is 12.6 Å². The Morgan fingerprint density at radius 3 is 2.64 bits per heavy atom. The Bertz CT molecular complexity index is 128. The minimum atomic E-state index is 0.746. The number of nitrogens with zero attached hydrogens (tertiary/aromatic N) is 1. The number of amides is 1. The third-order valence-electron chi connectivity index (χ3n) is 1.35. The molecule has 1 N–H and O–H groups in total. The van der Waals surface area contributed by atoms with Gasteiger partial charge in [0, 0.05) is 13.0 Å². The molecule has 1 amide bonds. The van der Waals surface area contributed by atoms with E-state index in [9.17, 15) is 4.79 Å². The Kier molecular flexibility index (Phi) is 6.68. The fraction of sp³-hybridized carbons (Fsp3) is 0.750. The zero-order chi connectivity index (χ0) is 8.53. The monoisotopic (exact) mass is 158 g/mol. The highest BCUT2D eigenvalue weighted by atomic mass is 16.2. The predicted molar refractivity (Wildman–Crippen MR) is 46.1 cm³/mol. The average Bonchev–Trinajstić information content (AvgIpc) is 1.96. The van der Waals surface area contributed by atoms with E-state index in [2.05, 4.69) is 11.5 Å². The predicted octanol–water partition coefficient (Wildman–Crippen LogP) is 0.246. The van der Waals surface area contributed by atoms with E-state index in [0.29, 0.717) is 0 Å². The Labute approximate surface area is 68.1 Å². The molecular formula is C8H17N2O+. The number of unbranched alkanes of at least 4 members (excludes halogenated alkanes) is 2. The van der Waals surface area contributed by atoms with Gasteiger partial charge in [-0.3, -0.25) is 4.79 Å². The van der Waals surface area contributed by atoms with Crippen LogP contribution >= 0.6 is 0 Å². The fourth-order valence-electron chi connectivity index (χ4n) is 0.780. The normalized spacial score (nSPS) is 8.91. The molecule has 0 saturated heterocycles. The Balaban J connectivity index is 3.02. The van der Waals surface area contributed by atoms with Gasteiger partial charge in [-0.25, -0.2) is 4.58 Å². The van der Waals surface area contributed by atoms with E-state index in [1.807, 2.05) is 18.7 Å². The maximum Gasteiger partial charge on any atom is 0.207 e. The molecule has 11 heavy (non-hydrogen) atoms. The first-order valence-corrected chi connectivity index (χ1v) is 3.94. The van der Waals surface area contributed by atoms with Gasteiger partial charge in [0.25, 0.3) is 0 Å². The van der Waals surface area contributed by atoms with Gasteiger partial charge >= 0.3 is 0 Å². The van der Waals surface area contributed by atoms with Gasteiger partial charge in [0.05, 0.1) is 0 Å². The minimum absolute atomic E-state index is 0.746. The molecule has 0 radical (unpaired) electrons. The maximum absolute atomic E-state index is 9.82. The molecule has 0 bridgehead atoms. The number of rotatable bonds is 6. The molecule has 0 aliphatic heterocycles. The first-order valence-electron chi connectivity index (χ1n) is 3.94. The fourth-order valence-corrected chi connectivity index (χ4v) is 0.780. The van der Waals surface area contributed by atoms with E-state index in [1.165, 1.54) is 0 Å². The van der Waals surface area contributed by atoms with Crippen molar-refractivity contribution in [2.45, 2.75) is 19.3 Å². The number of hydrogen-bond acceptors (Lipinski definition) is 1. The highest BCUT2D eigenvalue weighted by Gasteiger charge is 1.88. The zero-order valence-corrected chi connectivity index (χ0v) is 7.34. The summed E-state index contributed by atoms with van der Waals surface area (Å²) >= 11 is 0. The van der Waals surface area contributed by atoms with Crippen LogP contribution in [-0.4, -0.2) is 37.8 Å². The lowest BCUT2D eigenvalue weighted by atomic mass is 10.2. The lowest BCUT2D eigenvalue weighted by Crippen LogP contribution is -2.11. The smallest absolute Gasteiger partial charge is 0.207 e. The summed E-state index contributed by atoms with van der Waals surface area (Å²) in [6.07, 6.45) is 6.17. The van der Waals surface area contributed by atoms with Gasteiger partial charge in [0.15, 0.2) is 0 Å². The van der Waals surface area contributed by atoms with Gasteiger partial charge in [-0.2, -0.15) is 0 Å². The van der Waals surface area contributed by atoms with Crippen LogP contribution in [0.2, 0.25) is 0 Å². The van der Waals surface area contributed by atoms with Crippen molar-refractivity contribution in [3.63, 3.8) is 0 Å². The largest absolute Gasteiger partial charge is 0.359 e. The van der Waals surface area contributed by atoms with Gasteiger partial charge in [-0.15, -0.1) is 0 Å². The van der Waals surface area contributed by atoms with Gasteiger partial charge in [-0.1, -0.05) is 0 Å². The molecule has 0 aromatic carbocycles. The van der Waals surface area contributed by atoms with Gasteiger partial charge in [0.2, 0.25) is 6.41 Å². The molecule has 0 saturated carbocycles. The van der Waals surface area contributed by atoms with Crippen molar-refractivity contribution < 1.29 is 9.37 Å². The molecule has 0 unspecified atom stereocenters. The van der Waals surface area contributed by atoms with Crippen LogP contribution < -0.4 is 5.32 Å². The van der Waals surface area contributed by atoms with Crippen molar-refractivity contribution in [3.05, 3.63) is 0 Å². The standard InChI is InChI=1S/C8H16N2O/c1-10(2)7-5-3-4-6-9-8-11/h7-8H,3-6H2,1-2H3/p+1/i8+1. The third-order valence-corrected chi connectivity index (χ3v) is 1.35. The Morgan fingerprint density at radius 2 is 2.09 bits per heavy atom. The Morgan fingerprint density at radius 1 is 1.36 bits per heavy atom. The molecular weight excluding hydrogens is 141 g/mol. The van der Waals surface area contributed by atoms with Crippen molar-refractivity contribution in [1.82, 2.24) is 5.32 Å². The SMILES string of the molecule is C[N+](C)=CCCCCN[13CH]=O. The van der Waals surface area contributed by atoms with Crippen molar-refractivity contribution in [1.29, 1.82) is 0 Å². The van der Waals surface area contributed by atoms with E-state index < -0.39 is 0 Å². The van der Waals surface area contributed by atoms with Crippen molar-refractivity contribution in [3.8, 4) is 0 Å². The summed E-state index contributed by atoms with van der Waals surface area (Å²) in [7, 11) is 4.04. The second-order valence-electron chi connectivity index (χ2n) is 2.71. The van der Waals surface area contributed by atoms with Crippen LogP contribution in [-0.2, 0) is 4.79 Å². The molecule has 0 aromatic rings. The molecule has 3 nitrogen and oxygen atoms in total. The molecule has 0 atom stereocenters. The first kappa shape index (κ1) is 10.1. The second-order valence-corrected chi connectivity index (χ2v) is 2.71. The summed E-state index contributed by atoms with van der Waals surface area (Å²) in [4.78, 5) is 9.82. The van der Waals surface area contributed by atoms with E-state index in [-0.39, 0.29) is 0 Å². The number of hydrogen-bond donors (Lipinski definition) is 1. The average molecular weight is 158 g/mol. The zero-order valence-electron chi connectivity index (χ0n) is 7.34. The van der Waals surface area contributed by atoms with Crippen LogP contribution in [0.1, 0.15) is 19.3 Å². The molecule has 0 aliphatic carbocycles. The molecule has 0 aromatic heterocycles. The number of carbonyl (C=O) groups is 1. The highest BCUT2D eigenvalue weighted by Crippen LogP contribution is 1.89. The van der Waals surface area contributed by atoms with E-state index in [1.54, 1.807) is 0 Å². The van der Waals surface area contributed by atoms with Crippen LogP contribution in [0.15, 0.2) is 0 Å². The van der Waals surface area contributed by atoms with Crippen LogP contribution in [0.4, 0.5) is 0 Å². The van der Waals surface area contributed by atoms with Crippen LogP contribution in [0.25, 0.3) is 0 Å². The van der Waals surface area contributed by atoms with Crippen LogP contribution in [0.5, 0.6) is 0 Å². The molecule has 0 rings (SSSR count). The summed E-state index contributed by atoms with van der Waals surface area (Å²) in [6, 6.07) is 0. The van der Waals surface area contributed by atoms with Crippen LogP contribution in [0.3, 0.4) is 0 Å². The molecule has 64 valence electrons. The van der Waals surface area contributed by atoms with Crippen molar-refractivity contribution in [2.24, 2.45) is 0 Å². The second kappa shape index (κ2) is 7.25. The molecule has 3 heteroatoms. The number of carbonyl (C=O) groups excluding carboxylic acids is 1. The van der Waals surface area contributed by atoms with Crippen molar-refractivity contribution in [2.75, 3.05) is 20.6 Å². The lowest BCUT2D eigenvalue weighted by Gasteiger charge is -1.94. The minimum Gasteiger partial charge on any atom is -0.359 e. The van der Waals surface area contributed by atoms with E-state index in [4.69, 9.17) is 0 Å². The molecule has 0 heterocycles. The maximum atomic E-state index is 9.82. The van der Waals surface area contributed by atoms with Crippen LogP contribution in [0, 0.1) is 0 Å². The van der Waals surface area contributed by atoms with E-state index >= 15 is 0 Å². The lowest BCUT2D eigenvalue weighted by molar-refractivity contribution is -0.460. The molecule has 0 spiro atoms.